The summed E-state index contributed by atoms with van der Waals surface area (Å²) in [5.74, 6) is 1.56. The molecule has 1 fully saturated rings. The molecule has 3 aromatic rings. The second-order valence-electron chi connectivity index (χ2n) is 7.06. The van der Waals surface area contributed by atoms with Crippen molar-refractivity contribution in [2.75, 3.05) is 32.7 Å². The van der Waals surface area contributed by atoms with E-state index in [9.17, 15) is 4.79 Å². The van der Waals surface area contributed by atoms with Gasteiger partial charge in [-0.05, 0) is 25.0 Å². The predicted molar refractivity (Wildman–Crippen MR) is 114 cm³/mol. The first-order chi connectivity index (χ1) is 14.1. The number of anilines is 1. The SMILES string of the molecule is COc1ccccc1CNc1ncnc2sc(C(=O)N(C)C3CCOC3)c(C)c12. The maximum Gasteiger partial charge on any atom is 0.264 e. The Hall–Kier alpha value is -2.71. The maximum atomic E-state index is 13.1. The van der Waals surface area contributed by atoms with Gasteiger partial charge in [-0.25, -0.2) is 9.97 Å². The number of benzene rings is 1. The molecule has 0 spiro atoms. The second kappa shape index (κ2) is 8.34. The minimum absolute atomic E-state index is 0.0108. The number of amides is 1. The number of carbonyl (C=O) groups excluding carboxylic acids is 1. The number of likely N-dealkylation sites (N-methyl/N-ethyl adjacent to an activating group) is 1. The van der Waals surface area contributed by atoms with E-state index in [0.29, 0.717) is 24.6 Å². The van der Waals surface area contributed by atoms with Gasteiger partial charge in [0, 0.05) is 25.8 Å². The van der Waals surface area contributed by atoms with Gasteiger partial charge in [0.05, 0.1) is 30.0 Å². The first-order valence-electron chi connectivity index (χ1n) is 9.55. The lowest BCUT2D eigenvalue weighted by molar-refractivity contribution is 0.0715. The van der Waals surface area contributed by atoms with Crippen molar-refractivity contribution in [3.05, 3.63) is 46.6 Å². The van der Waals surface area contributed by atoms with Gasteiger partial charge in [-0.1, -0.05) is 18.2 Å². The Balaban J connectivity index is 1.62. The Labute approximate surface area is 173 Å². The Morgan fingerprint density at radius 2 is 2.21 bits per heavy atom. The van der Waals surface area contributed by atoms with E-state index in [2.05, 4.69) is 15.3 Å². The van der Waals surface area contributed by atoms with Crippen LogP contribution in [0.25, 0.3) is 10.2 Å². The fourth-order valence-electron chi connectivity index (χ4n) is 3.59. The molecule has 0 saturated carbocycles. The van der Waals surface area contributed by atoms with Gasteiger partial charge in [0.2, 0.25) is 0 Å². The van der Waals surface area contributed by atoms with E-state index in [1.807, 2.05) is 38.2 Å². The molecule has 29 heavy (non-hydrogen) atoms. The number of nitrogens with zero attached hydrogens (tertiary/aromatic N) is 3. The first-order valence-corrected chi connectivity index (χ1v) is 10.4. The molecular weight excluding hydrogens is 388 g/mol. The first kappa shape index (κ1) is 19.6. The van der Waals surface area contributed by atoms with Crippen molar-refractivity contribution in [2.45, 2.75) is 25.9 Å². The van der Waals surface area contributed by atoms with Crippen LogP contribution < -0.4 is 10.1 Å². The molecule has 1 atom stereocenters. The minimum Gasteiger partial charge on any atom is -0.496 e. The summed E-state index contributed by atoms with van der Waals surface area (Å²) in [5, 5.41) is 4.28. The van der Waals surface area contributed by atoms with Crippen LogP contribution in [0.4, 0.5) is 5.82 Å². The van der Waals surface area contributed by atoms with Crippen molar-refractivity contribution in [1.82, 2.24) is 14.9 Å². The Morgan fingerprint density at radius 1 is 1.38 bits per heavy atom. The Bertz CT molecular complexity index is 1030. The number of thiophene rings is 1. The summed E-state index contributed by atoms with van der Waals surface area (Å²) in [5.41, 5.74) is 1.94. The maximum absolute atomic E-state index is 13.1. The number of nitrogens with one attached hydrogen (secondary N) is 1. The molecule has 8 heteroatoms. The van der Waals surface area contributed by atoms with Gasteiger partial charge < -0.3 is 19.7 Å². The zero-order valence-corrected chi connectivity index (χ0v) is 17.6. The molecule has 4 rings (SSSR count). The molecule has 0 bridgehead atoms. The monoisotopic (exact) mass is 412 g/mol. The van der Waals surface area contributed by atoms with Gasteiger partial charge in [-0.2, -0.15) is 0 Å². The number of aryl methyl sites for hydroxylation is 1. The molecule has 0 radical (unpaired) electrons. The van der Waals surface area contributed by atoms with Crippen molar-refractivity contribution >= 4 is 33.3 Å². The van der Waals surface area contributed by atoms with E-state index in [1.165, 1.54) is 17.7 Å². The molecule has 1 N–H and O–H groups in total. The summed E-state index contributed by atoms with van der Waals surface area (Å²) < 4.78 is 10.9. The molecule has 1 aliphatic heterocycles. The number of para-hydroxylation sites is 1. The van der Waals surface area contributed by atoms with E-state index in [-0.39, 0.29) is 11.9 Å². The van der Waals surface area contributed by atoms with Gasteiger partial charge in [0.1, 0.15) is 22.7 Å². The van der Waals surface area contributed by atoms with E-state index < -0.39 is 0 Å². The second-order valence-corrected chi connectivity index (χ2v) is 8.06. The van der Waals surface area contributed by atoms with E-state index >= 15 is 0 Å². The number of aromatic nitrogens is 2. The molecule has 2 aromatic heterocycles. The van der Waals surface area contributed by atoms with E-state index in [4.69, 9.17) is 9.47 Å². The third-order valence-electron chi connectivity index (χ3n) is 5.33. The number of ether oxygens (including phenoxy) is 2. The van der Waals surface area contributed by atoms with Crippen LogP contribution in [-0.4, -0.2) is 54.2 Å². The fourth-order valence-corrected chi connectivity index (χ4v) is 4.72. The van der Waals surface area contributed by atoms with Gasteiger partial charge in [0.15, 0.2) is 0 Å². The molecule has 1 aromatic carbocycles. The fraction of sp³-hybridized carbons (Fsp3) is 0.381. The van der Waals surface area contributed by atoms with Crippen molar-refractivity contribution in [3.63, 3.8) is 0 Å². The number of methoxy groups -OCH3 is 1. The average molecular weight is 413 g/mol. The summed E-state index contributed by atoms with van der Waals surface area (Å²) in [6, 6.07) is 7.99. The highest BCUT2D eigenvalue weighted by Crippen LogP contribution is 2.34. The molecule has 1 unspecified atom stereocenters. The smallest absolute Gasteiger partial charge is 0.264 e. The standard InChI is InChI=1S/C21H24N4O3S/c1-13-17-19(22-10-14-6-4-5-7-16(14)27-3)23-12-24-20(17)29-18(13)21(26)25(2)15-8-9-28-11-15/h4-7,12,15H,8-11H2,1-3H3,(H,22,23,24). The molecule has 1 saturated heterocycles. The van der Waals surface area contributed by atoms with Gasteiger partial charge in [-0.15, -0.1) is 11.3 Å². The third-order valence-corrected chi connectivity index (χ3v) is 6.52. The largest absolute Gasteiger partial charge is 0.496 e. The highest BCUT2D eigenvalue weighted by Gasteiger charge is 2.28. The van der Waals surface area contributed by atoms with Gasteiger partial charge >= 0.3 is 0 Å². The van der Waals surface area contributed by atoms with Gasteiger partial charge in [-0.3, -0.25) is 4.79 Å². The van der Waals surface area contributed by atoms with Crippen LogP contribution in [0.2, 0.25) is 0 Å². The number of hydrogen-bond donors (Lipinski definition) is 1. The van der Waals surface area contributed by atoms with Crippen LogP contribution in [0.3, 0.4) is 0 Å². The van der Waals surface area contributed by atoms with E-state index in [0.717, 1.165) is 39.3 Å². The topological polar surface area (TPSA) is 76.6 Å². The average Bonchev–Trinajstić information content (AvgIpc) is 3.40. The Morgan fingerprint density at radius 3 is 2.97 bits per heavy atom. The third kappa shape index (κ3) is 3.77. The summed E-state index contributed by atoms with van der Waals surface area (Å²) in [7, 11) is 3.51. The van der Waals surface area contributed by atoms with Gasteiger partial charge in [0.25, 0.3) is 5.91 Å². The van der Waals surface area contributed by atoms with Crippen LogP contribution in [0.1, 0.15) is 27.2 Å². The highest BCUT2D eigenvalue weighted by molar-refractivity contribution is 7.20. The highest BCUT2D eigenvalue weighted by atomic mass is 32.1. The van der Waals surface area contributed by atoms with Crippen LogP contribution in [0, 0.1) is 6.92 Å². The van der Waals surface area contributed by atoms with Crippen LogP contribution in [0.5, 0.6) is 5.75 Å². The molecule has 7 nitrogen and oxygen atoms in total. The van der Waals surface area contributed by atoms with E-state index in [1.54, 1.807) is 12.0 Å². The summed E-state index contributed by atoms with van der Waals surface area (Å²) in [6.45, 7) is 3.82. The Kier molecular flexibility index (Phi) is 5.64. The number of hydrogen-bond acceptors (Lipinski definition) is 7. The predicted octanol–water partition coefficient (Wildman–Crippen LogP) is 3.48. The number of fused-ring (bicyclic) bond motifs is 1. The molecule has 1 aliphatic rings. The van der Waals surface area contributed by atoms with Crippen molar-refractivity contribution < 1.29 is 14.3 Å². The molecule has 3 heterocycles. The lowest BCUT2D eigenvalue weighted by atomic mass is 10.1. The molecule has 1 amide bonds. The quantitative estimate of drug-likeness (QED) is 0.668. The lowest BCUT2D eigenvalue weighted by Gasteiger charge is -2.22. The summed E-state index contributed by atoms with van der Waals surface area (Å²) in [6.07, 6.45) is 2.41. The van der Waals surface area contributed by atoms with Crippen LogP contribution in [0.15, 0.2) is 30.6 Å². The summed E-state index contributed by atoms with van der Waals surface area (Å²) in [4.78, 5) is 25.2. The van der Waals surface area contributed by atoms with Crippen molar-refractivity contribution in [2.24, 2.45) is 0 Å². The number of carbonyl (C=O) groups is 1. The van der Waals surface area contributed by atoms with Crippen LogP contribution >= 0.6 is 11.3 Å². The molecule has 152 valence electrons. The normalized spacial score (nSPS) is 16.2. The minimum atomic E-state index is 0.0108. The van der Waals surface area contributed by atoms with Crippen molar-refractivity contribution in [1.29, 1.82) is 0 Å². The summed E-state index contributed by atoms with van der Waals surface area (Å²) >= 11 is 1.41. The lowest BCUT2D eigenvalue weighted by Crippen LogP contribution is -2.37. The zero-order chi connectivity index (χ0) is 20.4. The van der Waals surface area contributed by atoms with Crippen molar-refractivity contribution in [3.8, 4) is 5.75 Å². The zero-order valence-electron chi connectivity index (χ0n) is 16.8. The number of rotatable bonds is 6. The molecule has 0 aliphatic carbocycles. The van der Waals surface area contributed by atoms with Crippen LogP contribution in [-0.2, 0) is 11.3 Å². The molecular formula is C21H24N4O3S.